The summed E-state index contributed by atoms with van der Waals surface area (Å²) in [7, 11) is -1.73. The van der Waals surface area contributed by atoms with E-state index in [0.29, 0.717) is 5.69 Å². The number of nitrogens with zero attached hydrogens (tertiary/aromatic N) is 2. The molecule has 0 unspecified atom stereocenters. The standard InChI is InChI=1S/C16H26N2O3S2/c1-3-7-15-17-13(10-22-15)11-23(20,21)12-16(19)18(2)14-8-5-4-6-9-14/h10,14H,3-9,11-12H2,1-2H3. The number of hydrogen-bond acceptors (Lipinski definition) is 5. The zero-order chi connectivity index (χ0) is 16.9. The van der Waals surface area contributed by atoms with Gasteiger partial charge in [0.05, 0.1) is 16.5 Å². The number of carbonyl (C=O) groups excluding carboxylic acids is 1. The monoisotopic (exact) mass is 358 g/mol. The van der Waals surface area contributed by atoms with Crippen LogP contribution < -0.4 is 0 Å². The minimum atomic E-state index is -3.47. The second-order valence-electron chi connectivity index (χ2n) is 6.31. The second-order valence-corrected chi connectivity index (χ2v) is 9.32. The number of sulfone groups is 1. The molecule has 2 rings (SSSR count). The van der Waals surface area contributed by atoms with E-state index in [1.807, 2.05) is 0 Å². The van der Waals surface area contributed by atoms with Crippen molar-refractivity contribution >= 4 is 27.1 Å². The highest BCUT2D eigenvalue weighted by atomic mass is 32.2. The Kier molecular flexibility index (Phi) is 6.59. The van der Waals surface area contributed by atoms with Crippen molar-refractivity contribution in [2.45, 2.75) is 63.7 Å². The van der Waals surface area contributed by atoms with Crippen molar-refractivity contribution in [2.75, 3.05) is 12.8 Å². The largest absolute Gasteiger partial charge is 0.342 e. The molecule has 1 amide bonds. The highest BCUT2D eigenvalue weighted by Gasteiger charge is 2.26. The van der Waals surface area contributed by atoms with Gasteiger partial charge in [0.1, 0.15) is 5.75 Å². The molecule has 0 spiro atoms. The first-order chi connectivity index (χ1) is 10.9. The van der Waals surface area contributed by atoms with E-state index in [-0.39, 0.29) is 17.7 Å². The van der Waals surface area contributed by atoms with Crippen LogP contribution in [0.3, 0.4) is 0 Å². The Balaban J connectivity index is 1.92. The van der Waals surface area contributed by atoms with Gasteiger partial charge >= 0.3 is 0 Å². The molecule has 1 aliphatic rings. The minimum Gasteiger partial charge on any atom is -0.342 e. The Morgan fingerprint density at radius 1 is 1.35 bits per heavy atom. The molecule has 1 fully saturated rings. The van der Waals surface area contributed by atoms with Crippen molar-refractivity contribution in [2.24, 2.45) is 0 Å². The van der Waals surface area contributed by atoms with Gasteiger partial charge in [-0.25, -0.2) is 13.4 Å². The summed E-state index contributed by atoms with van der Waals surface area (Å²) in [6.45, 7) is 2.07. The maximum atomic E-state index is 12.3. The van der Waals surface area contributed by atoms with Gasteiger partial charge in [0.25, 0.3) is 0 Å². The quantitative estimate of drug-likeness (QED) is 0.752. The Morgan fingerprint density at radius 2 is 2.04 bits per heavy atom. The molecule has 0 aliphatic heterocycles. The predicted octanol–water partition coefficient (Wildman–Crippen LogP) is 2.80. The van der Waals surface area contributed by atoms with E-state index in [0.717, 1.165) is 43.5 Å². The van der Waals surface area contributed by atoms with Crippen LogP contribution in [0, 0.1) is 0 Å². The van der Waals surface area contributed by atoms with Crippen LogP contribution in [-0.2, 0) is 26.8 Å². The van der Waals surface area contributed by atoms with E-state index in [1.54, 1.807) is 17.3 Å². The van der Waals surface area contributed by atoms with Crippen molar-refractivity contribution in [1.82, 2.24) is 9.88 Å². The zero-order valence-corrected chi connectivity index (χ0v) is 15.6. The number of thiazole rings is 1. The molecule has 1 aliphatic carbocycles. The predicted molar refractivity (Wildman–Crippen MR) is 93.2 cm³/mol. The highest BCUT2D eigenvalue weighted by Crippen LogP contribution is 2.22. The van der Waals surface area contributed by atoms with Gasteiger partial charge in [-0.05, 0) is 25.7 Å². The minimum absolute atomic E-state index is 0.141. The van der Waals surface area contributed by atoms with Crippen molar-refractivity contribution in [3.63, 3.8) is 0 Å². The van der Waals surface area contributed by atoms with Crippen molar-refractivity contribution in [3.05, 3.63) is 16.1 Å². The molecule has 0 atom stereocenters. The first kappa shape index (κ1) is 18.4. The SMILES string of the molecule is CCCc1nc(CS(=O)(=O)CC(=O)N(C)C2CCCCC2)cs1. The average molecular weight is 359 g/mol. The molecule has 23 heavy (non-hydrogen) atoms. The Hall–Kier alpha value is -0.950. The maximum absolute atomic E-state index is 12.3. The number of aromatic nitrogens is 1. The summed E-state index contributed by atoms with van der Waals surface area (Å²) < 4.78 is 24.6. The summed E-state index contributed by atoms with van der Waals surface area (Å²) in [6, 6.07) is 0.196. The molecule has 1 aromatic heterocycles. The average Bonchev–Trinajstić information content (AvgIpc) is 2.93. The van der Waals surface area contributed by atoms with Gasteiger partial charge in [-0.3, -0.25) is 4.79 Å². The van der Waals surface area contributed by atoms with E-state index in [1.165, 1.54) is 17.8 Å². The van der Waals surface area contributed by atoms with Crippen LogP contribution in [0.4, 0.5) is 0 Å². The molecule has 0 bridgehead atoms. The topological polar surface area (TPSA) is 67.3 Å². The third-order valence-electron chi connectivity index (χ3n) is 4.29. The fraction of sp³-hybridized carbons (Fsp3) is 0.750. The van der Waals surface area contributed by atoms with Crippen molar-refractivity contribution < 1.29 is 13.2 Å². The summed E-state index contributed by atoms with van der Waals surface area (Å²) in [5, 5.41) is 2.75. The van der Waals surface area contributed by atoms with Gasteiger partial charge < -0.3 is 4.90 Å². The van der Waals surface area contributed by atoms with Gasteiger partial charge in [-0.15, -0.1) is 11.3 Å². The molecule has 1 aromatic rings. The molecule has 0 aromatic carbocycles. The van der Waals surface area contributed by atoms with Crippen molar-refractivity contribution in [1.29, 1.82) is 0 Å². The fourth-order valence-corrected chi connectivity index (χ4v) is 5.27. The zero-order valence-electron chi connectivity index (χ0n) is 14.0. The molecule has 0 saturated heterocycles. The van der Waals surface area contributed by atoms with E-state index >= 15 is 0 Å². The second kappa shape index (κ2) is 8.24. The summed E-state index contributed by atoms with van der Waals surface area (Å²) in [5.41, 5.74) is 0.562. The number of amides is 1. The van der Waals surface area contributed by atoms with Gasteiger partial charge in [-0.1, -0.05) is 26.2 Å². The van der Waals surface area contributed by atoms with Crippen molar-refractivity contribution in [3.8, 4) is 0 Å². The number of hydrogen-bond donors (Lipinski definition) is 0. The summed E-state index contributed by atoms with van der Waals surface area (Å²) in [5.74, 6) is -0.848. The Bertz CT molecular complexity index is 619. The number of carbonyl (C=O) groups is 1. The first-order valence-electron chi connectivity index (χ1n) is 8.30. The first-order valence-corrected chi connectivity index (χ1v) is 11.0. The lowest BCUT2D eigenvalue weighted by Crippen LogP contribution is -2.41. The van der Waals surface area contributed by atoms with Crippen LogP contribution in [0.15, 0.2) is 5.38 Å². The normalized spacial score (nSPS) is 16.4. The van der Waals surface area contributed by atoms with E-state index in [2.05, 4.69) is 11.9 Å². The molecule has 5 nitrogen and oxygen atoms in total. The summed E-state index contributed by atoms with van der Waals surface area (Å²) in [4.78, 5) is 18.3. The van der Waals surface area contributed by atoms with Crippen LogP contribution in [0.1, 0.15) is 56.2 Å². The lowest BCUT2D eigenvalue weighted by atomic mass is 9.94. The van der Waals surface area contributed by atoms with Gasteiger partial charge in [0.15, 0.2) is 9.84 Å². The molecule has 1 saturated carbocycles. The van der Waals surface area contributed by atoms with Crippen LogP contribution in [0.2, 0.25) is 0 Å². The van der Waals surface area contributed by atoms with Gasteiger partial charge in [-0.2, -0.15) is 0 Å². The molecule has 1 heterocycles. The van der Waals surface area contributed by atoms with Crippen LogP contribution in [-0.4, -0.2) is 43.1 Å². The number of rotatable bonds is 7. The van der Waals surface area contributed by atoms with Gasteiger partial charge in [0, 0.05) is 18.5 Å². The number of aryl methyl sites for hydroxylation is 1. The lowest BCUT2D eigenvalue weighted by molar-refractivity contribution is -0.129. The van der Waals surface area contributed by atoms with Crippen LogP contribution >= 0.6 is 11.3 Å². The Morgan fingerprint density at radius 3 is 2.70 bits per heavy atom. The van der Waals surface area contributed by atoms with E-state index < -0.39 is 15.6 Å². The molecule has 0 N–H and O–H groups in total. The van der Waals surface area contributed by atoms with Gasteiger partial charge in [0.2, 0.25) is 5.91 Å². The summed E-state index contributed by atoms with van der Waals surface area (Å²) >= 11 is 1.49. The van der Waals surface area contributed by atoms with E-state index in [4.69, 9.17) is 0 Å². The third-order valence-corrected chi connectivity index (χ3v) is 6.67. The van der Waals surface area contributed by atoms with Crippen LogP contribution in [0.5, 0.6) is 0 Å². The highest BCUT2D eigenvalue weighted by molar-refractivity contribution is 7.91. The molecule has 7 heteroatoms. The molecular formula is C16H26N2O3S2. The van der Waals surface area contributed by atoms with Crippen LogP contribution in [0.25, 0.3) is 0 Å². The summed E-state index contributed by atoms with van der Waals surface area (Å²) in [6.07, 6.45) is 7.27. The molecule has 0 radical (unpaired) electrons. The van der Waals surface area contributed by atoms with E-state index in [9.17, 15) is 13.2 Å². The lowest BCUT2D eigenvalue weighted by Gasteiger charge is -2.31. The smallest absolute Gasteiger partial charge is 0.237 e. The fourth-order valence-electron chi connectivity index (χ4n) is 2.98. The maximum Gasteiger partial charge on any atom is 0.237 e. The molecular weight excluding hydrogens is 332 g/mol. The Labute approximate surface area is 143 Å². The third kappa shape index (κ3) is 5.57. The molecule has 130 valence electrons.